The summed E-state index contributed by atoms with van der Waals surface area (Å²) in [6.07, 6.45) is 3.53. The van der Waals surface area contributed by atoms with Gasteiger partial charge < -0.3 is 21.7 Å². The van der Waals surface area contributed by atoms with E-state index in [-0.39, 0.29) is 27.1 Å². The van der Waals surface area contributed by atoms with Gasteiger partial charge in [-0.1, -0.05) is 0 Å². The van der Waals surface area contributed by atoms with Crippen LogP contribution < -0.4 is 10.9 Å². The van der Waals surface area contributed by atoms with E-state index in [2.05, 4.69) is 21.1 Å². The Hall–Kier alpha value is -1.31. The van der Waals surface area contributed by atoms with Gasteiger partial charge in [-0.2, -0.15) is 0 Å². The molecule has 0 aliphatic rings. The third kappa shape index (κ3) is 44.9. The normalized spacial score (nSPS) is 7.57. The van der Waals surface area contributed by atoms with Crippen molar-refractivity contribution >= 4 is 45.3 Å². The van der Waals surface area contributed by atoms with Gasteiger partial charge >= 0.3 is 21.9 Å². The number of rotatable bonds is 2. The first kappa shape index (κ1) is 29.7. The summed E-state index contributed by atoms with van der Waals surface area (Å²) in [5, 5.41) is 37.8. The SMILES string of the molecule is CSC(=[N-])NN=C(C)C.CSC(=[N-])NN=C(C)C.O=[N+](O)O.[Co+3]. The maximum Gasteiger partial charge on any atom is 3.00 e. The Balaban J connectivity index is -0.000000124. The van der Waals surface area contributed by atoms with Gasteiger partial charge in [0.1, 0.15) is 4.91 Å². The largest absolute Gasteiger partial charge is 3.00 e. The average molecular weight is 411 g/mol. The van der Waals surface area contributed by atoms with E-state index in [0.29, 0.717) is 0 Å². The molecule has 4 N–H and O–H groups in total. The molecule has 0 aliphatic carbocycles. The van der Waals surface area contributed by atoms with Gasteiger partial charge in [-0.3, -0.25) is 10.2 Å². The third-order valence-corrected chi connectivity index (χ3v) is 2.09. The summed E-state index contributed by atoms with van der Waals surface area (Å²) in [5.74, 6) is 0. The Labute approximate surface area is 154 Å². The van der Waals surface area contributed by atoms with Crippen molar-refractivity contribution in [2.75, 3.05) is 12.5 Å². The minimum atomic E-state index is -1.25. The van der Waals surface area contributed by atoms with Crippen molar-refractivity contribution in [1.82, 2.24) is 10.9 Å². The first-order chi connectivity index (χ1) is 10.1. The summed E-state index contributed by atoms with van der Waals surface area (Å²) in [4.78, 5) is 8.47. The summed E-state index contributed by atoms with van der Waals surface area (Å²) in [6, 6.07) is 0. The summed E-state index contributed by atoms with van der Waals surface area (Å²) in [7, 11) is 0. The molecule has 134 valence electrons. The maximum atomic E-state index is 8.77. The monoisotopic (exact) mass is 411 g/mol. The van der Waals surface area contributed by atoms with Crippen LogP contribution in [0.5, 0.6) is 0 Å². The number of hydrazone groups is 2. The fourth-order valence-corrected chi connectivity index (χ4v) is 0.684. The van der Waals surface area contributed by atoms with E-state index in [1.54, 1.807) is 12.5 Å². The zero-order valence-corrected chi connectivity index (χ0v) is 16.4. The Kier molecular flexibility index (Phi) is 26.7. The van der Waals surface area contributed by atoms with Crippen LogP contribution in [0.4, 0.5) is 0 Å². The minimum Gasteiger partial charge on any atom is -0.458 e. The summed E-state index contributed by atoms with van der Waals surface area (Å²) in [6.45, 7) is 7.39. The smallest absolute Gasteiger partial charge is 0.458 e. The second-order valence-corrected chi connectivity index (χ2v) is 5.20. The molecule has 0 atom stereocenters. The molecular formula is C10H22CoN7O3S2+2. The predicted molar refractivity (Wildman–Crippen MR) is 94.8 cm³/mol. The fourth-order valence-electron chi connectivity index (χ4n) is 0.411. The molecule has 0 bridgehead atoms. The molecule has 0 saturated heterocycles. The zero-order chi connectivity index (χ0) is 18.1. The Morgan fingerprint density at radius 1 is 0.913 bits per heavy atom. The number of nitrogens with zero attached hydrogens (tertiary/aromatic N) is 5. The van der Waals surface area contributed by atoms with Crippen LogP contribution in [0.25, 0.3) is 10.8 Å². The number of nitrogens with one attached hydrogen (secondary N) is 2. The molecule has 0 saturated carbocycles. The average Bonchev–Trinajstić information content (AvgIpc) is 2.41. The number of hydrogen-bond acceptors (Lipinski definition) is 5. The molecule has 0 rings (SSSR count). The van der Waals surface area contributed by atoms with Crippen molar-refractivity contribution in [3.8, 4) is 0 Å². The molecule has 0 radical (unpaired) electrons. The third-order valence-electron chi connectivity index (χ3n) is 1.14. The Morgan fingerprint density at radius 3 is 1.26 bits per heavy atom. The van der Waals surface area contributed by atoms with Crippen molar-refractivity contribution in [2.45, 2.75) is 27.7 Å². The molecule has 23 heavy (non-hydrogen) atoms. The molecule has 0 aromatic carbocycles. The Bertz CT molecular complexity index is 375. The maximum absolute atomic E-state index is 8.77. The first-order valence-electron chi connectivity index (χ1n) is 5.65. The van der Waals surface area contributed by atoms with Crippen LogP contribution in [0.15, 0.2) is 10.2 Å². The van der Waals surface area contributed by atoms with Crippen LogP contribution in [0.1, 0.15) is 27.7 Å². The van der Waals surface area contributed by atoms with E-state index in [0.717, 1.165) is 11.4 Å². The van der Waals surface area contributed by atoms with Crippen LogP contribution in [0.2, 0.25) is 0 Å². The van der Waals surface area contributed by atoms with Crippen LogP contribution in [-0.4, -0.2) is 49.8 Å². The van der Waals surface area contributed by atoms with Crippen molar-refractivity contribution in [3.63, 3.8) is 0 Å². The van der Waals surface area contributed by atoms with Crippen molar-refractivity contribution in [1.29, 1.82) is 0 Å². The van der Waals surface area contributed by atoms with E-state index in [9.17, 15) is 0 Å². The fraction of sp³-hybridized carbons (Fsp3) is 0.600. The van der Waals surface area contributed by atoms with Gasteiger partial charge in [-0.15, -0.1) is 23.5 Å². The van der Waals surface area contributed by atoms with Gasteiger partial charge in [0.25, 0.3) is 0 Å². The van der Waals surface area contributed by atoms with E-state index < -0.39 is 5.09 Å². The van der Waals surface area contributed by atoms with Gasteiger partial charge in [0.05, 0.1) is 0 Å². The van der Waals surface area contributed by atoms with Gasteiger partial charge in [0.15, 0.2) is 0 Å². The van der Waals surface area contributed by atoms with Crippen molar-refractivity contribution in [3.05, 3.63) is 15.7 Å². The molecule has 0 heterocycles. The second kappa shape index (κ2) is 20.7. The summed E-state index contributed by atoms with van der Waals surface area (Å²) >= 11 is 2.44. The molecule has 0 aromatic heterocycles. The van der Waals surface area contributed by atoms with Crippen LogP contribution >= 0.6 is 23.5 Å². The zero-order valence-electron chi connectivity index (χ0n) is 13.7. The molecule has 0 fully saturated rings. The van der Waals surface area contributed by atoms with E-state index in [1.165, 1.54) is 23.5 Å². The predicted octanol–water partition coefficient (Wildman–Crippen LogP) is 2.06. The van der Waals surface area contributed by atoms with Crippen molar-refractivity contribution < 1.29 is 32.3 Å². The molecule has 13 heteroatoms. The Morgan fingerprint density at radius 2 is 1.13 bits per heavy atom. The quantitative estimate of drug-likeness (QED) is 0.308. The van der Waals surface area contributed by atoms with Gasteiger partial charge in [0, 0.05) is 11.4 Å². The molecule has 0 spiro atoms. The van der Waals surface area contributed by atoms with E-state index in [4.69, 9.17) is 26.1 Å². The number of thioether (sulfide) groups is 2. The summed E-state index contributed by atoms with van der Waals surface area (Å²) < 4.78 is 0. The topological polar surface area (TPSA) is 154 Å². The molecule has 0 unspecified atom stereocenters. The van der Waals surface area contributed by atoms with Gasteiger partial charge in [-0.05, 0) is 50.5 Å². The molecule has 0 amide bonds. The molecule has 10 nitrogen and oxygen atoms in total. The summed E-state index contributed by atoms with van der Waals surface area (Å²) in [5.41, 5.74) is 6.68. The van der Waals surface area contributed by atoms with Crippen LogP contribution in [0.3, 0.4) is 0 Å². The number of hydrogen-bond donors (Lipinski definition) is 4. The van der Waals surface area contributed by atoms with Crippen molar-refractivity contribution in [2.24, 2.45) is 10.2 Å². The van der Waals surface area contributed by atoms with Crippen LogP contribution in [0, 0.1) is 4.91 Å². The molecule has 0 aromatic rings. The van der Waals surface area contributed by atoms with E-state index >= 15 is 0 Å². The second-order valence-electron chi connectivity index (χ2n) is 3.61. The first-order valence-corrected chi connectivity index (χ1v) is 8.10. The minimum absolute atomic E-state index is 0. The van der Waals surface area contributed by atoms with Gasteiger partial charge in [-0.25, -0.2) is 10.4 Å². The molecule has 0 aliphatic heterocycles. The number of amidine groups is 2. The van der Waals surface area contributed by atoms with E-state index in [1.807, 2.05) is 27.7 Å². The van der Waals surface area contributed by atoms with Crippen LogP contribution in [-0.2, 0) is 16.8 Å². The van der Waals surface area contributed by atoms with Gasteiger partial charge in [0.2, 0.25) is 0 Å². The standard InChI is InChI=1S/2C5H10N3S.Co.H2NO3/c2*1-4(2)7-8-5(6)9-3;;2-1(3)4/h2*1-3H3,(H-,6,8);;(H2,2,3,4)/q2*-1;+3;+1. The molecular weight excluding hydrogens is 389 g/mol.